The molecule has 4 bridgehead atoms. The molecule has 0 radical (unpaired) electrons. The molecule has 0 atom stereocenters. The number of fused-ring (bicyclic) bond motifs is 1. The first-order valence-corrected chi connectivity index (χ1v) is 10.5. The Morgan fingerprint density at radius 1 is 0.967 bits per heavy atom. The van der Waals surface area contributed by atoms with Crippen LogP contribution in [0.15, 0.2) is 36.5 Å². The van der Waals surface area contributed by atoms with Crippen LogP contribution >= 0.6 is 0 Å². The molecule has 3 aromatic rings. The molecule has 0 N–H and O–H groups in total. The maximum Gasteiger partial charge on any atom is 0.417 e. The van der Waals surface area contributed by atoms with Crippen LogP contribution in [0, 0.1) is 23.6 Å². The lowest BCUT2D eigenvalue weighted by molar-refractivity contribution is -0.136. The Labute approximate surface area is 171 Å². The molecule has 2 heterocycles. The molecule has 4 aliphatic carbocycles. The second-order valence-electron chi connectivity index (χ2n) is 9.50. The van der Waals surface area contributed by atoms with Gasteiger partial charge in [0, 0.05) is 11.1 Å². The second kappa shape index (κ2) is 6.05. The smallest absolute Gasteiger partial charge is 0.232 e. The predicted octanol–water partition coefficient (Wildman–Crippen LogP) is 6.05. The molecule has 30 heavy (non-hydrogen) atoms. The van der Waals surface area contributed by atoms with Gasteiger partial charge >= 0.3 is 6.18 Å². The molecule has 0 amide bonds. The number of hydrogen-bond acceptors (Lipinski definition) is 2. The van der Waals surface area contributed by atoms with Crippen molar-refractivity contribution < 1.29 is 17.6 Å². The lowest BCUT2D eigenvalue weighted by Gasteiger charge is -2.56. The van der Waals surface area contributed by atoms with Gasteiger partial charge in [-0.15, -0.1) is 0 Å². The van der Waals surface area contributed by atoms with Crippen molar-refractivity contribution >= 4 is 11.0 Å². The molecule has 0 spiro atoms. The largest absolute Gasteiger partial charge is 0.417 e. The highest BCUT2D eigenvalue weighted by atomic mass is 19.4. The Hall–Kier alpha value is -2.44. The van der Waals surface area contributed by atoms with E-state index in [4.69, 9.17) is 4.98 Å². The third-order valence-corrected chi connectivity index (χ3v) is 7.51. The molecule has 4 fully saturated rings. The summed E-state index contributed by atoms with van der Waals surface area (Å²) in [6.45, 7) is 0. The zero-order valence-corrected chi connectivity index (χ0v) is 16.3. The van der Waals surface area contributed by atoms with E-state index in [1.807, 2.05) is 0 Å². The molecular formula is C23H21F4N3. The van der Waals surface area contributed by atoms with Crippen molar-refractivity contribution in [2.24, 2.45) is 17.8 Å². The van der Waals surface area contributed by atoms with E-state index in [-0.39, 0.29) is 22.1 Å². The van der Waals surface area contributed by atoms with Gasteiger partial charge < -0.3 is 0 Å². The number of aromatic nitrogens is 3. The summed E-state index contributed by atoms with van der Waals surface area (Å²) in [6.07, 6.45) is 2.93. The average molecular weight is 415 g/mol. The maximum absolute atomic E-state index is 14.4. The maximum atomic E-state index is 14.4. The summed E-state index contributed by atoms with van der Waals surface area (Å²) in [5.41, 5.74) is -0.315. The summed E-state index contributed by atoms with van der Waals surface area (Å²) in [6, 6.07) is 7.22. The van der Waals surface area contributed by atoms with Gasteiger partial charge in [-0.2, -0.15) is 18.3 Å². The van der Waals surface area contributed by atoms with Gasteiger partial charge in [0.2, 0.25) is 0 Å². The van der Waals surface area contributed by atoms with Crippen molar-refractivity contribution in [2.45, 2.75) is 50.1 Å². The van der Waals surface area contributed by atoms with Crippen LogP contribution in [-0.2, 0) is 11.6 Å². The summed E-state index contributed by atoms with van der Waals surface area (Å²) in [7, 11) is 0. The van der Waals surface area contributed by atoms with Crippen LogP contribution in [0.2, 0.25) is 0 Å². The molecule has 3 nitrogen and oxygen atoms in total. The Morgan fingerprint density at radius 3 is 2.20 bits per heavy atom. The predicted molar refractivity (Wildman–Crippen MR) is 104 cm³/mol. The van der Waals surface area contributed by atoms with Gasteiger partial charge in [-0.3, -0.25) is 0 Å². The van der Waals surface area contributed by atoms with Crippen molar-refractivity contribution in [3.8, 4) is 5.69 Å². The van der Waals surface area contributed by atoms with Crippen molar-refractivity contribution in [2.75, 3.05) is 0 Å². The van der Waals surface area contributed by atoms with Gasteiger partial charge in [0.25, 0.3) is 0 Å². The molecule has 7 heteroatoms. The zero-order chi connectivity index (χ0) is 20.7. The van der Waals surface area contributed by atoms with Gasteiger partial charge in [-0.25, -0.2) is 14.1 Å². The number of para-hydroxylation sites is 1. The summed E-state index contributed by atoms with van der Waals surface area (Å²) in [5.74, 6) is 1.21. The van der Waals surface area contributed by atoms with Crippen LogP contribution < -0.4 is 0 Å². The molecule has 156 valence electrons. The molecule has 4 aliphatic rings. The molecule has 0 aliphatic heterocycles. The third-order valence-electron chi connectivity index (χ3n) is 7.51. The summed E-state index contributed by atoms with van der Waals surface area (Å²) >= 11 is 0. The Balaban J connectivity index is 1.59. The van der Waals surface area contributed by atoms with Crippen LogP contribution in [0.5, 0.6) is 0 Å². The Bertz CT molecular complexity index is 1110. The van der Waals surface area contributed by atoms with Gasteiger partial charge in [0.05, 0.1) is 17.1 Å². The fourth-order valence-electron chi connectivity index (χ4n) is 6.73. The van der Waals surface area contributed by atoms with E-state index < -0.39 is 17.6 Å². The summed E-state index contributed by atoms with van der Waals surface area (Å²) < 4.78 is 57.7. The molecule has 0 saturated heterocycles. The van der Waals surface area contributed by atoms with E-state index in [0.717, 1.165) is 25.5 Å². The minimum Gasteiger partial charge on any atom is -0.232 e. The van der Waals surface area contributed by atoms with Crippen molar-refractivity contribution in [1.29, 1.82) is 0 Å². The average Bonchev–Trinajstić information content (AvgIpc) is 3.09. The third kappa shape index (κ3) is 2.63. The first kappa shape index (κ1) is 18.3. The van der Waals surface area contributed by atoms with E-state index in [9.17, 15) is 17.6 Å². The van der Waals surface area contributed by atoms with Crippen molar-refractivity contribution in [3.63, 3.8) is 0 Å². The fraction of sp³-hybridized carbons (Fsp3) is 0.478. The number of rotatable bonds is 2. The lowest BCUT2D eigenvalue weighted by Crippen LogP contribution is -2.49. The first-order valence-electron chi connectivity index (χ1n) is 10.5. The van der Waals surface area contributed by atoms with Crippen molar-refractivity contribution in [1.82, 2.24) is 14.8 Å². The zero-order valence-electron chi connectivity index (χ0n) is 16.3. The van der Waals surface area contributed by atoms with Gasteiger partial charge in [-0.1, -0.05) is 12.1 Å². The van der Waals surface area contributed by atoms with Crippen LogP contribution in [0.1, 0.15) is 49.8 Å². The topological polar surface area (TPSA) is 30.7 Å². The summed E-state index contributed by atoms with van der Waals surface area (Å²) in [5, 5.41) is 4.02. The van der Waals surface area contributed by atoms with Gasteiger partial charge in [0.1, 0.15) is 11.5 Å². The number of benzene rings is 1. The highest BCUT2D eigenvalue weighted by Gasteiger charge is 2.53. The highest BCUT2D eigenvalue weighted by molar-refractivity contribution is 5.81. The van der Waals surface area contributed by atoms with E-state index in [1.54, 1.807) is 12.1 Å². The van der Waals surface area contributed by atoms with Gasteiger partial charge in [-0.05, 0) is 74.5 Å². The number of hydrogen-bond donors (Lipinski definition) is 0. The molecule has 2 aromatic heterocycles. The Kier molecular flexibility index (Phi) is 3.70. The molecular weight excluding hydrogens is 394 g/mol. The number of pyridine rings is 1. The molecule has 7 rings (SSSR count). The number of nitrogens with zero attached hydrogens (tertiary/aromatic N) is 3. The first-order chi connectivity index (χ1) is 14.3. The van der Waals surface area contributed by atoms with Crippen LogP contribution in [0.3, 0.4) is 0 Å². The van der Waals surface area contributed by atoms with Gasteiger partial charge in [0.15, 0.2) is 5.65 Å². The standard InChI is InChI=1S/C23H21F4N3/c24-18-3-1-2-4-19(18)30-21-16(12-28-30)17(23(25,26)27)8-20(29-21)22-9-13-5-14(10-22)7-15(6-13)11-22/h1-4,8,12-15H,5-7,9-11H2. The second-order valence-corrected chi connectivity index (χ2v) is 9.50. The summed E-state index contributed by atoms with van der Waals surface area (Å²) in [4.78, 5) is 4.75. The quantitative estimate of drug-likeness (QED) is 0.477. The van der Waals surface area contributed by atoms with E-state index in [2.05, 4.69) is 5.10 Å². The SMILES string of the molecule is Fc1ccccc1-n1ncc2c(C(F)(F)F)cc(C34CC5CC(CC(C5)C3)C4)nc21. The van der Waals surface area contributed by atoms with Crippen LogP contribution in [-0.4, -0.2) is 14.8 Å². The van der Waals surface area contributed by atoms with E-state index in [1.165, 1.54) is 42.1 Å². The molecule has 1 aromatic carbocycles. The van der Waals surface area contributed by atoms with E-state index in [0.29, 0.717) is 23.4 Å². The van der Waals surface area contributed by atoms with E-state index >= 15 is 0 Å². The fourth-order valence-corrected chi connectivity index (χ4v) is 6.73. The number of halogens is 4. The highest BCUT2D eigenvalue weighted by Crippen LogP contribution is 2.60. The van der Waals surface area contributed by atoms with Crippen molar-refractivity contribution in [3.05, 3.63) is 53.6 Å². The lowest BCUT2D eigenvalue weighted by atomic mass is 9.48. The van der Waals surface area contributed by atoms with Crippen LogP contribution in [0.4, 0.5) is 17.6 Å². The normalized spacial score (nSPS) is 30.3. The minimum atomic E-state index is -4.53. The minimum absolute atomic E-state index is 0.0840. The molecule has 0 unspecified atom stereocenters. The Morgan fingerprint density at radius 2 is 1.60 bits per heavy atom. The molecule has 4 saturated carbocycles. The number of alkyl halides is 3. The van der Waals surface area contributed by atoms with Crippen LogP contribution in [0.25, 0.3) is 16.7 Å². The monoisotopic (exact) mass is 415 g/mol.